The number of benzene rings is 2. The van der Waals surface area contributed by atoms with Crippen LogP contribution < -0.4 is 0 Å². The fraction of sp³-hybridized carbons (Fsp3) is 0.208. The van der Waals surface area contributed by atoms with Crippen LogP contribution in [0.5, 0.6) is 0 Å². The molecular weight excluding hydrogens is 424 g/mol. The molecule has 5 rings (SSSR count). The van der Waals surface area contributed by atoms with Crippen LogP contribution in [0.2, 0.25) is 0 Å². The lowest BCUT2D eigenvalue weighted by atomic mass is 10.00. The highest BCUT2D eigenvalue weighted by molar-refractivity contribution is 7.89. The molecule has 4 aromatic rings. The van der Waals surface area contributed by atoms with Gasteiger partial charge in [-0.2, -0.15) is 9.29 Å². The second-order valence-corrected chi connectivity index (χ2v) is 9.72. The van der Waals surface area contributed by atoms with Gasteiger partial charge in [0.1, 0.15) is 0 Å². The van der Waals surface area contributed by atoms with Gasteiger partial charge < -0.3 is 4.52 Å². The second-order valence-electron chi connectivity index (χ2n) is 7.78. The van der Waals surface area contributed by atoms with Crippen molar-refractivity contribution in [3.05, 3.63) is 85.0 Å². The predicted molar refractivity (Wildman–Crippen MR) is 120 cm³/mol. The molecule has 3 heterocycles. The van der Waals surface area contributed by atoms with E-state index < -0.39 is 10.0 Å². The first-order valence-electron chi connectivity index (χ1n) is 10.5. The molecule has 1 fully saturated rings. The smallest absolute Gasteiger partial charge is 0.243 e. The Bertz CT molecular complexity index is 1290. The summed E-state index contributed by atoms with van der Waals surface area (Å²) in [6.07, 6.45) is 4.88. The minimum Gasteiger partial charge on any atom is -0.339 e. The molecule has 0 radical (unpaired) electrons. The van der Waals surface area contributed by atoms with E-state index in [1.807, 2.05) is 54.6 Å². The largest absolute Gasteiger partial charge is 0.339 e. The van der Waals surface area contributed by atoms with Gasteiger partial charge in [-0.1, -0.05) is 47.6 Å². The van der Waals surface area contributed by atoms with Crippen molar-refractivity contribution in [2.24, 2.45) is 0 Å². The number of sulfonamides is 1. The summed E-state index contributed by atoms with van der Waals surface area (Å²) >= 11 is 0. The average molecular weight is 447 g/mol. The number of rotatable bonds is 5. The van der Waals surface area contributed by atoms with Crippen molar-refractivity contribution >= 4 is 10.0 Å². The van der Waals surface area contributed by atoms with Crippen LogP contribution >= 0.6 is 0 Å². The summed E-state index contributed by atoms with van der Waals surface area (Å²) < 4.78 is 33.6. The molecular formula is C24H22N4O3S. The molecule has 0 spiro atoms. The topological polar surface area (TPSA) is 89.2 Å². The fourth-order valence-electron chi connectivity index (χ4n) is 3.98. The van der Waals surface area contributed by atoms with Gasteiger partial charge in [0, 0.05) is 31.0 Å². The molecule has 0 N–H and O–H groups in total. The van der Waals surface area contributed by atoms with E-state index in [9.17, 15) is 8.42 Å². The molecule has 2 aromatic heterocycles. The van der Waals surface area contributed by atoms with Crippen molar-refractivity contribution in [3.63, 3.8) is 0 Å². The van der Waals surface area contributed by atoms with Crippen LogP contribution in [-0.2, 0) is 10.0 Å². The molecule has 1 atom stereocenters. The van der Waals surface area contributed by atoms with Crippen molar-refractivity contribution < 1.29 is 12.9 Å². The zero-order valence-corrected chi connectivity index (χ0v) is 18.1. The summed E-state index contributed by atoms with van der Waals surface area (Å²) in [5.41, 5.74) is 2.85. The van der Waals surface area contributed by atoms with Gasteiger partial charge in [-0.05, 0) is 48.2 Å². The Morgan fingerprint density at radius 3 is 2.34 bits per heavy atom. The molecule has 7 nitrogen and oxygen atoms in total. The van der Waals surface area contributed by atoms with Crippen molar-refractivity contribution in [3.8, 4) is 22.5 Å². The highest BCUT2D eigenvalue weighted by atomic mass is 32.2. The monoisotopic (exact) mass is 446 g/mol. The van der Waals surface area contributed by atoms with Crippen LogP contribution in [-0.4, -0.2) is 40.9 Å². The van der Waals surface area contributed by atoms with Gasteiger partial charge in [0.15, 0.2) is 0 Å². The van der Waals surface area contributed by atoms with Crippen molar-refractivity contribution in [2.75, 3.05) is 13.1 Å². The molecule has 0 saturated carbocycles. The van der Waals surface area contributed by atoms with E-state index in [-0.39, 0.29) is 5.92 Å². The number of aromatic nitrogens is 3. The summed E-state index contributed by atoms with van der Waals surface area (Å²) in [5, 5.41) is 4.06. The second kappa shape index (κ2) is 8.64. The van der Waals surface area contributed by atoms with Crippen LogP contribution in [0.4, 0.5) is 0 Å². The Kier molecular flexibility index (Phi) is 5.55. The lowest BCUT2D eigenvalue weighted by molar-refractivity contribution is 0.265. The zero-order chi connectivity index (χ0) is 22.0. The van der Waals surface area contributed by atoms with Crippen LogP contribution in [0.25, 0.3) is 22.5 Å². The van der Waals surface area contributed by atoms with E-state index in [0.29, 0.717) is 29.7 Å². The highest BCUT2D eigenvalue weighted by Gasteiger charge is 2.33. The summed E-state index contributed by atoms with van der Waals surface area (Å²) in [6, 6.07) is 20.6. The van der Waals surface area contributed by atoms with Crippen LogP contribution in [0.1, 0.15) is 24.7 Å². The minimum absolute atomic E-state index is 0.134. The Morgan fingerprint density at radius 2 is 1.59 bits per heavy atom. The Hall–Kier alpha value is -3.36. The SMILES string of the molecule is O=S(=O)(c1ccc(-c2ccccc2)cc1)N1CCC[C@H](c2nc(-c3ccncc3)no2)C1. The molecule has 0 amide bonds. The number of nitrogens with zero attached hydrogens (tertiary/aromatic N) is 4. The number of hydrogen-bond acceptors (Lipinski definition) is 6. The maximum Gasteiger partial charge on any atom is 0.243 e. The first kappa shape index (κ1) is 20.5. The third-order valence-corrected chi connectivity index (χ3v) is 7.59. The van der Waals surface area contributed by atoms with Gasteiger partial charge in [0.05, 0.1) is 10.8 Å². The first-order valence-corrected chi connectivity index (χ1v) is 11.9. The maximum absolute atomic E-state index is 13.3. The Morgan fingerprint density at radius 1 is 0.875 bits per heavy atom. The molecule has 8 heteroatoms. The number of hydrogen-bond donors (Lipinski definition) is 0. The average Bonchev–Trinajstić information content (AvgIpc) is 3.36. The van der Waals surface area contributed by atoms with Crippen LogP contribution in [0, 0.1) is 0 Å². The molecule has 1 aliphatic rings. The van der Waals surface area contributed by atoms with E-state index in [4.69, 9.17) is 4.52 Å². The fourth-order valence-corrected chi connectivity index (χ4v) is 5.50. The molecule has 32 heavy (non-hydrogen) atoms. The third-order valence-electron chi connectivity index (χ3n) is 5.71. The predicted octanol–water partition coefficient (Wildman–Crippen LogP) is 4.37. The number of piperidine rings is 1. The first-order chi connectivity index (χ1) is 15.6. The number of pyridine rings is 1. The third kappa shape index (κ3) is 4.06. The normalized spacial score (nSPS) is 17.3. The van der Waals surface area contributed by atoms with Crippen molar-refractivity contribution in [1.29, 1.82) is 0 Å². The van der Waals surface area contributed by atoms with E-state index in [1.165, 1.54) is 4.31 Å². The maximum atomic E-state index is 13.3. The molecule has 0 unspecified atom stereocenters. The van der Waals surface area contributed by atoms with E-state index >= 15 is 0 Å². The van der Waals surface area contributed by atoms with E-state index in [2.05, 4.69) is 15.1 Å². The minimum atomic E-state index is -3.61. The zero-order valence-electron chi connectivity index (χ0n) is 17.3. The summed E-state index contributed by atoms with van der Waals surface area (Å²) in [6.45, 7) is 0.797. The van der Waals surface area contributed by atoms with Gasteiger partial charge in [0.2, 0.25) is 21.7 Å². The quantitative estimate of drug-likeness (QED) is 0.452. The molecule has 0 bridgehead atoms. The van der Waals surface area contributed by atoms with Crippen LogP contribution in [0.3, 0.4) is 0 Å². The van der Waals surface area contributed by atoms with E-state index in [0.717, 1.165) is 29.5 Å². The van der Waals surface area contributed by atoms with Crippen LogP contribution in [0.15, 0.2) is 88.5 Å². The standard InChI is InChI=1S/C24H22N4O3S/c29-32(30,22-10-8-19(9-11-22)18-5-2-1-3-6-18)28-16-4-7-21(17-28)24-26-23(27-31-24)20-12-14-25-15-13-20/h1-3,5-6,8-15,21H,4,7,16-17H2/t21-/m0/s1. The lowest BCUT2D eigenvalue weighted by Gasteiger charge is -2.30. The van der Waals surface area contributed by atoms with Gasteiger partial charge in [-0.15, -0.1) is 0 Å². The van der Waals surface area contributed by atoms with Gasteiger partial charge in [-0.3, -0.25) is 4.98 Å². The van der Waals surface area contributed by atoms with Crippen molar-refractivity contribution in [1.82, 2.24) is 19.4 Å². The molecule has 1 aliphatic heterocycles. The molecule has 1 saturated heterocycles. The van der Waals surface area contributed by atoms with Gasteiger partial charge >= 0.3 is 0 Å². The lowest BCUT2D eigenvalue weighted by Crippen LogP contribution is -2.39. The van der Waals surface area contributed by atoms with E-state index in [1.54, 1.807) is 24.5 Å². The van der Waals surface area contributed by atoms with Gasteiger partial charge in [0.25, 0.3) is 0 Å². The molecule has 0 aliphatic carbocycles. The molecule has 162 valence electrons. The van der Waals surface area contributed by atoms with Crippen molar-refractivity contribution in [2.45, 2.75) is 23.7 Å². The Balaban J connectivity index is 1.34. The highest BCUT2D eigenvalue weighted by Crippen LogP contribution is 2.31. The summed E-state index contributed by atoms with van der Waals surface area (Å²) in [7, 11) is -3.61. The Labute approximate surface area is 186 Å². The molecule has 2 aromatic carbocycles. The van der Waals surface area contributed by atoms with Gasteiger partial charge in [-0.25, -0.2) is 8.42 Å². The summed E-state index contributed by atoms with van der Waals surface area (Å²) in [5.74, 6) is 0.820. The summed E-state index contributed by atoms with van der Waals surface area (Å²) in [4.78, 5) is 8.80.